The third-order valence-electron chi connectivity index (χ3n) is 3.70. The molecule has 0 aromatic carbocycles. The highest BCUT2D eigenvalue weighted by molar-refractivity contribution is 7.99. The van der Waals surface area contributed by atoms with Crippen molar-refractivity contribution >= 4 is 45.1 Å². The van der Waals surface area contributed by atoms with Crippen LogP contribution in [0.15, 0.2) is 9.95 Å². The van der Waals surface area contributed by atoms with Crippen LogP contribution in [0.25, 0.3) is 10.2 Å². The van der Waals surface area contributed by atoms with Crippen LogP contribution in [0, 0.1) is 0 Å². The largest absolute Gasteiger partial charge is 0.368 e. The third kappa shape index (κ3) is 3.11. The number of hydrogen-bond acceptors (Lipinski definition) is 6. The number of amides is 2. The molecule has 23 heavy (non-hydrogen) atoms. The lowest BCUT2D eigenvalue weighted by molar-refractivity contribution is -0.123. The van der Waals surface area contributed by atoms with Crippen LogP contribution in [0.1, 0.15) is 16.9 Å². The summed E-state index contributed by atoms with van der Waals surface area (Å²) in [6, 6.07) is 0. The van der Waals surface area contributed by atoms with Crippen molar-refractivity contribution in [3.63, 3.8) is 0 Å². The molecule has 0 radical (unpaired) electrons. The van der Waals surface area contributed by atoms with Gasteiger partial charge in [0.1, 0.15) is 4.83 Å². The number of hydrogen-bond donors (Lipinski definition) is 2. The number of nitrogens with one attached hydrogen (secondary N) is 1. The predicted molar refractivity (Wildman–Crippen MR) is 89.8 cm³/mol. The minimum absolute atomic E-state index is 0.0607. The Bertz CT molecular complexity index is 856. The molecule has 2 heterocycles. The number of thiophene rings is 1. The van der Waals surface area contributed by atoms with Gasteiger partial charge in [0, 0.05) is 11.9 Å². The summed E-state index contributed by atoms with van der Waals surface area (Å²) < 4.78 is 1.49. The molecule has 0 fully saturated rings. The normalized spacial score (nSPS) is 13.3. The Morgan fingerprint density at radius 1 is 1.43 bits per heavy atom. The molecule has 122 valence electrons. The van der Waals surface area contributed by atoms with Crippen LogP contribution in [0.2, 0.25) is 0 Å². The molecule has 0 bridgehead atoms. The van der Waals surface area contributed by atoms with Gasteiger partial charge in [-0.1, -0.05) is 11.8 Å². The molecule has 0 spiro atoms. The highest BCUT2D eigenvalue weighted by atomic mass is 32.2. The Labute approximate surface area is 140 Å². The van der Waals surface area contributed by atoms with Crippen LogP contribution in [-0.4, -0.2) is 33.7 Å². The van der Waals surface area contributed by atoms with Crippen molar-refractivity contribution in [1.29, 1.82) is 0 Å². The van der Waals surface area contributed by atoms with Crippen molar-refractivity contribution < 1.29 is 9.59 Å². The number of rotatable bonds is 5. The predicted octanol–water partition coefficient (Wildman–Crippen LogP) is 0.177. The Balaban J connectivity index is 1.82. The van der Waals surface area contributed by atoms with Crippen molar-refractivity contribution in [2.24, 2.45) is 12.8 Å². The summed E-state index contributed by atoms with van der Waals surface area (Å²) in [6.07, 6.45) is 3.04. The van der Waals surface area contributed by atoms with Gasteiger partial charge in [0.05, 0.1) is 17.7 Å². The van der Waals surface area contributed by atoms with E-state index < -0.39 is 5.91 Å². The zero-order valence-electron chi connectivity index (χ0n) is 12.5. The molecule has 0 saturated carbocycles. The van der Waals surface area contributed by atoms with E-state index in [9.17, 15) is 14.4 Å². The molecule has 3 rings (SSSR count). The van der Waals surface area contributed by atoms with Gasteiger partial charge in [-0.15, -0.1) is 11.3 Å². The van der Waals surface area contributed by atoms with Crippen LogP contribution in [-0.2, 0) is 29.5 Å². The van der Waals surface area contributed by atoms with Crippen molar-refractivity contribution in [2.75, 3.05) is 12.3 Å². The molecule has 2 amide bonds. The average molecular weight is 352 g/mol. The molecule has 3 N–H and O–H groups in total. The van der Waals surface area contributed by atoms with Crippen molar-refractivity contribution in [3.05, 3.63) is 20.8 Å². The Morgan fingerprint density at radius 2 is 2.22 bits per heavy atom. The first-order valence-corrected chi connectivity index (χ1v) is 8.96. The van der Waals surface area contributed by atoms with Gasteiger partial charge in [-0.2, -0.15) is 0 Å². The summed E-state index contributed by atoms with van der Waals surface area (Å²) in [4.78, 5) is 41.4. The minimum Gasteiger partial charge on any atom is -0.368 e. The number of thioether (sulfide) groups is 1. The molecule has 1 aliphatic rings. The second-order valence-electron chi connectivity index (χ2n) is 5.33. The molecule has 2 aromatic rings. The maximum absolute atomic E-state index is 12.6. The molecule has 0 aliphatic heterocycles. The second-order valence-corrected chi connectivity index (χ2v) is 7.35. The van der Waals surface area contributed by atoms with Crippen molar-refractivity contribution in [2.45, 2.75) is 24.4 Å². The minimum atomic E-state index is -0.594. The van der Waals surface area contributed by atoms with E-state index in [1.54, 1.807) is 18.4 Å². The first-order chi connectivity index (χ1) is 11.0. The number of fused-ring (bicyclic) bond motifs is 3. The molecule has 1 aliphatic carbocycles. The molecule has 2 aromatic heterocycles. The zero-order chi connectivity index (χ0) is 16.6. The van der Waals surface area contributed by atoms with Gasteiger partial charge in [-0.25, -0.2) is 4.98 Å². The fourth-order valence-corrected chi connectivity index (χ4v) is 4.71. The van der Waals surface area contributed by atoms with Gasteiger partial charge in [-0.3, -0.25) is 19.0 Å². The van der Waals surface area contributed by atoms with Crippen molar-refractivity contribution in [1.82, 2.24) is 14.9 Å². The van der Waals surface area contributed by atoms with Crippen LogP contribution >= 0.6 is 23.1 Å². The number of nitrogens with zero attached hydrogens (tertiary/aromatic N) is 2. The van der Waals surface area contributed by atoms with Gasteiger partial charge in [0.15, 0.2) is 5.16 Å². The lowest BCUT2D eigenvalue weighted by Gasteiger charge is -2.07. The third-order valence-corrected chi connectivity index (χ3v) is 5.91. The number of nitrogens with two attached hydrogens (primary N) is 1. The van der Waals surface area contributed by atoms with E-state index in [0.717, 1.165) is 35.0 Å². The fourth-order valence-electron chi connectivity index (χ4n) is 2.60. The standard InChI is InChI=1S/C14H16N4O3S2/c1-18-13(21)11-7-3-2-4-8(7)23-12(11)17-14(18)22-6-10(20)16-5-9(15)19/h2-6H2,1H3,(H2,15,19)(H,16,20). The molecule has 0 saturated heterocycles. The number of carbonyl (C=O) groups excluding carboxylic acids is 2. The summed E-state index contributed by atoms with van der Waals surface area (Å²) >= 11 is 2.74. The van der Waals surface area contributed by atoms with Crippen LogP contribution < -0.4 is 16.6 Å². The molecule has 7 nitrogen and oxygen atoms in total. The molecule has 0 unspecified atom stereocenters. The quantitative estimate of drug-likeness (QED) is 0.589. The number of carbonyl (C=O) groups is 2. The lowest BCUT2D eigenvalue weighted by Crippen LogP contribution is -2.34. The maximum atomic E-state index is 12.6. The zero-order valence-corrected chi connectivity index (χ0v) is 14.2. The van der Waals surface area contributed by atoms with Gasteiger partial charge in [0.2, 0.25) is 11.8 Å². The SMILES string of the molecule is Cn1c(SCC(=O)NCC(N)=O)nc2sc3c(c2c1=O)CCC3. The van der Waals surface area contributed by atoms with Crippen LogP contribution in [0.5, 0.6) is 0 Å². The summed E-state index contributed by atoms with van der Waals surface area (Å²) in [5, 5.41) is 3.63. The Hall–Kier alpha value is -1.87. The van der Waals surface area contributed by atoms with Gasteiger partial charge < -0.3 is 11.1 Å². The summed E-state index contributed by atoms with van der Waals surface area (Å²) in [5.74, 6) is -0.843. The van der Waals surface area contributed by atoms with Crippen LogP contribution in [0.4, 0.5) is 0 Å². The summed E-state index contributed by atoms with van der Waals surface area (Å²) in [6.45, 7) is -0.192. The van der Waals surface area contributed by atoms with E-state index in [-0.39, 0.29) is 23.8 Å². The van der Waals surface area contributed by atoms with Gasteiger partial charge >= 0.3 is 0 Å². The topological polar surface area (TPSA) is 107 Å². The first-order valence-electron chi connectivity index (χ1n) is 7.16. The Kier molecular flexibility index (Phi) is 4.40. The molecular formula is C14H16N4O3S2. The van der Waals surface area contributed by atoms with E-state index in [0.29, 0.717) is 5.16 Å². The summed E-state index contributed by atoms with van der Waals surface area (Å²) in [7, 11) is 1.66. The van der Waals surface area contributed by atoms with E-state index in [4.69, 9.17) is 5.73 Å². The molecular weight excluding hydrogens is 336 g/mol. The average Bonchev–Trinajstić information content (AvgIpc) is 3.07. The highest BCUT2D eigenvalue weighted by Gasteiger charge is 2.22. The van der Waals surface area contributed by atoms with E-state index in [2.05, 4.69) is 10.3 Å². The highest BCUT2D eigenvalue weighted by Crippen LogP contribution is 2.35. The molecule has 0 atom stereocenters. The number of aryl methyl sites for hydroxylation is 2. The Morgan fingerprint density at radius 3 is 2.96 bits per heavy atom. The first kappa shape index (κ1) is 16.0. The van der Waals surface area contributed by atoms with Crippen molar-refractivity contribution in [3.8, 4) is 0 Å². The van der Waals surface area contributed by atoms with Crippen LogP contribution in [0.3, 0.4) is 0 Å². The molecule has 9 heteroatoms. The monoisotopic (exact) mass is 352 g/mol. The number of primary amides is 1. The second kappa shape index (κ2) is 6.32. The van der Waals surface area contributed by atoms with Gasteiger partial charge in [-0.05, 0) is 24.8 Å². The maximum Gasteiger partial charge on any atom is 0.262 e. The fraction of sp³-hybridized carbons (Fsp3) is 0.429. The van der Waals surface area contributed by atoms with Gasteiger partial charge in [0.25, 0.3) is 5.56 Å². The lowest BCUT2D eigenvalue weighted by atomic mass is 10.2. The number of aromatic nitrogens is 2. The smallest absolute Gasteiger partial charge is 0.262 e. The van der Waals surface area contributed by atoms with E-state index in [1.807, 2.05) is 0 Å². The van der Waals surface area contributed by atoms with E-state index >= 15 is 0 Å². The van der Waals surface area contributed by atoms with E-state index in [1.165, 1.54) is 21.2 Å². The summed E-state index contributed by atoms with van der Waals surface area (Å²) in [5.41, 5.74) is 6.06.